The summed E-state index contributed by atoms with van der Waals surface area (Å²) in [7, 11) is 0. The second-order valence-electron chi connectivity index (χ2n) is 7.83. The average molecular weight is 342 g/mol. The summed E-state index contributed by atoms with van der Waals surface area (Å²) >= 11 is 0. The molecule has 2 saturated heterocycles. The van der Waals surface area contributed by atoms with Crippen LogP contribution in [0, 0.1) is 5.92 Å². The number of β-amino-alcohol motifs (C(OH)–C–C–N with tert-alkyl or cyclic N) is 1. The van der Waals surface area contributed by atoms with Gasteiger partial charge in [-0.15, -0.1) is 0 Å². The third-order valence-corrected chi connectivity index (χ3v) is 4.35. The quantitative estimate of drug-likeness (QED) is 0.807. The van der Waals surface area contributed by atoms with Crippen molar-refractivity contribution in [3.8, 4) is 0 Å². The zero-order chi connectivity index (χ0) is 17.8. The first-order valence-corrected chi connectivity index (χ1v) is 8.76. The maximum atomic E-state index is 12.4. The highest BCUT2D eigenvalue weighted by Gasteiger charge is 2.42. The van der Waals surface area contributed by atoms with Crippen LogP contribution in [-0.2, 0) is 14.3 Å². The number of piperidine rings is 1. The van der Waals surface area contributed by atoms with E-state index in [1.807, 2.05) is 0 Å². The maximum Gasteiger partial charge on any atom is 0.410 e. The Bertz CT molecular complexity index is 456. The highest BCUT2D eigenvalue weighted by atomic mass is 16.6. The molecule has 2 atom stereocenters. The molecule has 24 heavy (non-hydrogen) atoms. The molecule has 2 aliphatic rings. The first-order valence-electron chi connectivity index (χ1n) is 8.76. The molecule has 0 aromatic carbocycles. The fourth-order valence-electron chi connectivity index (χ4n) is 3.07. The normalized spacial score (nSPS) is 28.3. The molecule has 2 heterocycles. The van der Waals surface area contributed by atoms with E-state index in [0.29, 0.717) is 32.5 Å². The molecule has 0 spiro atoms. The summed E-state index contributed by atoms with van der Waals surface area (Å²) in [4.78, 5) is 26.0. The fraction of sp³-hybridized carbons (Fsp3) is 0.882. The molecular formula is C17H30N2O5. The van der Waals surface area contributed by atoms with Crippen LogP contribution in [0.5, 0.6) is 0 Å². The van der Waals surface area contributed by atoms with Gasteiger partial charge in [0.1, 0.15) is 5.60 Å². The third-order valence-electron chi connectivity index (χ3n) is 4.35. The number of likely N-dealkylation sites (tertiary alicyclic amines) is 1. The average Bonchev–Trinajstić information content (AvgIpc) is 2.52. The van der Waals surface area contributed by atoms with Crippen LogP contribution in [0.3, 0.4) is 0 Å². The van der Waals surface area contributed by atoms with Crippen LogP contribution >= 0.6 is 0 Å². The van der Waals surface area contributed by atoms with E-state index >= 15 is 0 Å². The summed E-state index contributed by atoms with van der Waals surface area (Å²) < 4.78 is 10.7. The lowest BCUT2D eigenvalue weighted by Gasteiger charge is -2.38. The molecule has 2 amide bonds. The molecule has 2 rings (SSSR count). The highest BCUT2D eigenvalue weighted by molar-refractivity contribution is 5.86. The second kappa shape index (κ2) is 7.70. The second-order valence-corrected chi connectivity index (χ2v) is 7.83. The molecule has 0 bridgehead atoms. The third kappa shape index (κ3) is 5.34. The molecule has 0 saturated carbocycles. The van der Waals surface area contributed by atoms with Crippen LogP contribution in [0.4, 0.5) is 4.79 Å². The number of carbonyl (C=O) groups excluding carboxylic acids is 2. The minimum absolute atomic E-state index is 0.0328. The summed E-state index contributed by atoms with van der Waals surface area (Å²) in [6.07, 6.45) is 2.43. The molecular weight excluding hydrogens is 312 g/mol. The van der Waals surface area contributed by atoms with Gasteiger partial charge in [-0.2, -0.15) is 0 Å². The Morgan fingerprint density at radius 2 is 2.12 bits per heavy atom. The lowest BCUT2D eigenvalue weighted by molar-refractivity contribution is -0.145. The highest BCUT2D eigenvalue weighted by Crippen LogP contribution is 2.23. The summed E-state index contributed by atoms with van der Waals surface area (Å²) in [5, 5.41) is 13.5. The van der Waals surface area contributed by atoms with Crippen molar-refractivity contribution in [2.24, 2.45) is 5.92 Å². The van der Waals surface area contributed by atoms with Crippen LogP contribution in [0.15, 0.2) is 0 Å². The molecule has 0 unspecified atom stereocenters. The van der Waals surface area contributed by atoms with Crippen molar-refractivity contribution in [2.75, 3.05) is 32.8 Å². The Morgan fingerprint density at radius 3 is 2.75 bits per heavy atom. The number of ether oxygens (including phenoxy) is 2. The van der Waals surface area contributed by atoms with Crippen molar-refractivity contribution in [1.29, 1.82) is 0 Å². The number of rotatable bonds is 3. The number of nitrogens with one attached hydrogen (secondary N) is 1. The Hall–Kier alpha value is -1.34. The van der Waals surface area contributed by atoms with Gasteiger partial charge >= 0.3 is 6.09 Å². The predicted molar refractivity (Wildman–Crippen MR) is 88.5 cm³/mol. The minimum atomic E-state index is -1.55. The van der Waals surface area contributed by atoms with Gasteiger partial charge in [-0.3, -0.25) is 4.79 Å². The summed E-state index contributed by atoms with van der Waals surface area (Å²) in [5.41, 5.74) is -2.15. The first-order chi connectivity index (χ1) is 11.2. The topological polar surface area (TPSA) is 88.1 Å². The molecule has 2 aliphatic heterocycles. The summed E-state index contributed by atoms with van der Waals surface area (Å²) in [5.74, 6) is -0.127. The van der Waals surface area contributed by atoms with Crippen LogP contribution in [0.25, 0.3) is 0 Å². The Labute approximate surface area is 143 Å². The van der Waals surface area contributed by atoms with Gasteiger partial charge in [-0.25, -0.2) is 4.79 Å². The SMILES string of the molecule is CC(C)(C)OC(=O)N1CCC[C@](O)(C(=O)NC[C@H]2CCCOC2)C1. The van der Waals surface area contributed by atoms with Crippen molar-refractivity contribution in [2.45, 2.75) is 57.7 Å². The van der Waals surface area contributed by atoms with Crippen LogP contribution in [-0.4, -0.2) is 66.1 Å². The van der Waals surface area contributed by atoms with E-state index < -0.39 is 23.2 Å². The number of aliphatic hydroxyl groups is 1. The lowest BCUT2D eigenvalue weighted by Crippen LogP contribution is -2.59. The smallest absolute Gasteiger partial charge is 0.410 e. The number of hydrogen-bond donors (Lipinski definition) is 2. The first kappa shape index (κ1) is 19.0. The van der Waals surface area contributed by atoms with Crippen LogP contribution in [0.2, 0.25) is 0 Å². The van der Waals surface area contributed by atoms with Crippen LogP contribution < -0.4 is 5.32 Å². The largest absolute Gasteiger partial charge is 0.444 e. The van der Waals surface area contributed by atoms with Gasteiger partial charge in [0.25, 0.3) is 5.91 Å². The molecule has 138 valence electrons. The van der Waals surface area contributed by atoms with E-state index in [9.17, 15) is 14.7 Å². The molecule has 2 fully saturated rings. The summed E-state index contributed by atoms with van der Waals surface area (Å²) in [6, 6.07) is 0. The van der Waals surface area contributed by atoms with Crippen LogP contribution in [0.1, 0.15) is 46.5 Å². The summed E-state index contributed by atoms with van der Waals surface area (Å²) in [6.45, 7) is 7.74. The van der Waals surface area contributed by atoms with Crippen molar-refractivity contribution in [3.05, 3.63) is 0 Å². The standard InChI is InChI=1S/C17H30N2O5/c1-16(2,3)24-15(21)19-8-5-7-17(22,12-19)14(20)18-10-13-6-4-9-23-11-13/h13,22H,4-12H2,1-3H3,(H,18,20)/t13-,17-/m1/s1. The van der Waals surface area contributed by atoms with E-state index in [2.05, 4.69) is 5.32 Å². The van der Waals surface area contributed by atoms with E-state index in [1.54, 1.807) is 20.8 Å². The van der Waals surface area contributed by atoms with Crippen molar-refractivity contribution < 1.29 is 24.2 Å². The number of amides is 2. The van der Waals surface area contributed by atoms with Gasteiger partial charge < -0.3 is 24.8 Å². The molecule has 2 N–H and O–H groups in total. The zero-order valence-corrected chi connectivity index (χ0v) is 15.0. The predicted octanol–water partition coefficient (Wildman–Crippen LogP) is 1.29. The van der Waals surface area contributed by atoms with Crippen molar-refractivity contribution >= 4 is 12.0 Å². The van der Waals surface area contributed by atoms with Crippen molar-refractivity contribution in [3.63, 3.8) is 0 Å². The van der Waals surface area contributed by atoms with Gasteiger partial charge in [-0.1, -0.05) is 0 Å². The van der Waals surface area contributed by atoms with Gasteiger partial charge in [0.05, 0.1) is 13.2 Å². The Balaban J connectivity index is 1.87. The van der Waals surface area contributed by atoms with E-state index in [1.165, 1.54) is 4.90 Å². The molecule has 0 radical (unpaired) electrons. The van der Waals surface area contributed by atoms with E-state index in [4.69, 9.17) is 9.47 Å². The monoisotopic (exact) mass is 342 g/mol. The molecule has 0 aromatic heterocycles. The van der Waals surface area contributed by atoms with Crippen molar-refractivity contribution in [1.82, 2.24) is 10.2 Å². The number of hydrogen-bond acceptors (Lipinski definition) is 5. The number of nitrogens with zero attached hydrogens (tertiary/aromatic N) is 1. The fourth-order valence-corrected chi connectivity index (χ4v) is 3.07. The molecule has 7 heteroatoms. The molecule has 7 nitrogen and oxygen atoms in total. The van der Waals surface area contributed by atoms with Gasteiger partial charge in [0.15, 0.2) is 5.60 Å². The van der Waals surface area contributed by atoms with Gasteiger partial charge in [0.2, 0.25) is 0 Å². The maximum absolute atomic E-state index is 12.4. The molecule has 0 aromatic rings. The van der Waals surface area contributed by atoms with Gasteiger partial charge in [0, 0.05) is 19.7 Å². The lowest BCUT2D eigenvalue weighted by atomic mass is 9.91. The number of carbonyl (C=O) groups is 2. The zero-order valence-electron chi connectivity index (χ0n) is 15.0. The van der Waals surface area contributed by atoms with Gasteiger partial charge in [-0.05, 0) is 52.4 Å². The van der Waals surface area contributed by atoms with E-state index in [-0.39, 0.29) is 12.5 Å². The Morgan fingerprint density at radius 1 is 1.38 bits per heavy atom. The molecule has 0 aliphatic carbocycles. The Kier molecular flexibility index (Phi) is 6.09. The van der Waals surface area contributed by atoms with E-state index in [0.717, 1.165) is 19.4 Å². The minimum Gasteiger partial charge on any atom is -0.444 e.